The molecule has 0 radical (unpaired) electrons. The molecule has 1 aromatic heterocycles. The summed E-state index contributed by atoms with van der Waals surface area (Å²) in [6, 6.07) is 5.20. The van der Waals surface area contributed by atoms with Crippen LogP contribution in [-0.4, -0.2) is 70.4 Å². The Balaban J connectivity index is 1.66. The van der Waals surface area contributed by atoms with Crippen molar-refractivity contribution in [2.75, 3.05) is 39.0 Å². The Kier molecular flexibility index (Phi) is 6.32. The molecule has 0 spiro atoms. The highest BCUT2D eigenvalue weighted by atomic mass is 19.1. The van der Waals surface area contributed by atoms with E-state index in [1.807, 2.05) is 0 Å². The number of nitrogens with zero attached hydrogens (tertiary/aromatic N) is 5. The van der Waals surface area contributed by atoms with Gasteiger partial charge in [-0.2, -0.15) is 0 Å². The number of aromatic nitrogens is 2. The van der Waals surface area contributed by atoms with Gasteiger partial charge in [-0.25, -0.2) is 14.4 Å². The number of carbonyl (C=O) groups excluding carboxylic acids is 1. The van der Waals surface area contributed by atoms with E-state index in [0.29, 0.717) is 18.1 Å². The summed E-state index contributed by atoms with van der Waals surface area (Å²) in [4.78, 5) is 34.5. The largest absolute Gasteiger partial charge is 0.367 e. The van der Waals surface area contributed by atoms with Crippen molar-refractivity contribution >= 4 is 17.4 Å². The quantitative estimate of drug-likeness (QED) is 0.583. The number of carbonyl (C=O) groups is 1. The minimum absolute atomic E-state index is 0.0812. The fourth-order valence-corrected chi connectivity index (χ4v) is 3.23. The van der Waals surface area contributed by atoms with Crippen LogP contribution in [-0.2, 0) is 4.79 Å². The highest BCUT2D eigenvalue weighted by Gasteiger charge is 2.22. The molecule has 0 unspecified atom stereocenters. The summed E-state index contributed by atoms with van der Waals surface area (Å²) in [7, 11) is 3.49. The van der Waals surface area contributed by atoms with Crippen LogP contribution in [0.3, 0.4) is 0 Å². The van der Waals surface area contributed by atoms with E-state index in [1.165, 1.54) is 18.5 Å². The van der Waals surface area contributed by atoms with Crippen molar-refractivity contribution in [3.8, 4) is 11.3 Å². The molecule has 10 heteroatoms. The van der Waals surface area contributed by atoms with Gasteiger partial charge in [0.15, 0.2) is 0 Å². The van der Waals surface area contributed by atoms with Crippen LogP contribution in [0, 0.1) is 15.9 Å². The van der Waals surface area contributed by atoms with Crippen LogP contribution >= 0.6 is 0 Å². The first-order valence-corrected chi connectivity index (χ1v) is 9.29. The maximum Gasteiger partial charge on any atom is 0.281 e. The summed E-state index contributed by atoms with van der Waals surface area (Å²) < 4.78 is 13.4. The number of nitro benzene ring substituents is 1. The summed E-state index contributed by atoms with van der Waals surface area (Å²) >= 11 is 0. The van der Waals surface area contributed by atoms with Gasteiger partial charge in [0, 0.05) is 39.3 Å². The van der Waals surface area contributed by atoms with Crippen LogP contribution in [0.4, 0.5) is 15.9 Å². The van der Waals surface area contributed by atoms with Gasteiger partial charge in [-0.1, -0.05) is 0 Å². The predicted octanol–water partition coefficient (Wildman–Crippen LogP) is 2.16. The lowest BCUT2D eigenvalue weighted by atomic mass is 10.0. The van der Waals surface area contributed by atoms with Crippen molar-refractivity contribution in [2.45, 2.75) is 18.9 Å². The smallest absolute Gasteiger partial charge is 0.281 e. The van der Waals surface area contributed by atoms with Gasteiger partial charge in [0.1, 0.15) is 18.0 Å². The van der Waals surface area contributed by atoms with E-state index in [2.05, 4.69) is 20.2 Å². The Morgan fingerprint density at radius 2 is 2.03 bits per heavy atom. The second-order valence-electron chi connectivity index (χ2n) is 7.19. The first kappa shape index (κ1) is 20.6. The van der Waals surface area contributed by atoms with Gasteiger partial charge in [0.25, 0.3) is 5.69 Å². The van der Waals surface area contributed by atoms with Crippen LogP contribution in [0.1, 0.15) is 12.8 Å². The van der Waals surface area contributed by atoms with Crippen molar-refractivity contribution in [1.82, 2.24) is 19.8 Å². The van der Waals surface area contributed by atoms with E-state index in [4.69, 9.17) is 0 Å². The van der Waals surface area contributed by atoms with Crippen molar-refractivity contribution in [1.29, 1.82) is 0 Å². The second kappa shape index (κ2) is 8.91. The molecule has 0 atom stereocenters. The molecule has 3 rings (SSSR count). The average Bonchev–Trinajstić information content (AvgIpc) is 2.69. The van der Waals surface area contributed by atoms with Crippen LogP contribution in [0.15, 0.2) is 30.6 Å². The molecule has 1 fully saturated rings. The molecule has 1 saturated heterocycles. The molecule has 2 aromatic rings. The van der Waals surface area contributed by atoms with Gasteiger partial charge in [0.2, 0.25) is 5.91 Å². The molecular formula is C19H23FN6O3. The standard InChI is InChI=1S/C19H23FN6O3/c1-24(2)19(27)11-25-7-5-14(6-8-25)23-18-10-16(21-12-22-18)15-4-3-13(20)9-17(15)26(28)29/h3-4,9-10,12,14H,5-8,11H2,1-2H3,(H,21,22,23). The van der Waals surface area contributed by atoms with Gasteiger partial charge in [-0.3, -0.25) is 19.8 Å². The Bertz CT molecular complexity index is 899. The lowest BCUT2D eigenvalue weighted by Gasteiger charge is -2.32. The SMILES string of the molecule is CN(C)C(=O)CN1CCC(Nc2cc(-c3ccc(F)cc3[N+](=O)[O-])ncn2)CC1. The fourth-order valence-electron chi connectivity index (χ4n) is 3.23. The number of hydrogen-bond donors (Lipinski definition) is 1. The summed E-state index contributed by atoms with van der Waals surface area (Å²) in [6.45, 7) is 1.99. The number of hydrogen-bond acceptors (Lipinski definition) is 7. The molecule has 0 saturated carbocycles. The first-order valence-electron chi connectivity index (χ1n) is 9.29. The maximum absolute atomic E-state index is 13.4. The summed E-state index contributed by atoms with van der Waals surface area (Å²) in [6.07, 6.45) is 3.02. The number of likely N-dealkylation sites (N-methyl/N-ethyl adjacent to an activating group) is 1. The Morgan fingerprint density at radius 3 is 2.69 bits per heavy atom. The Morgan fingerprint density at radius 1 is 1.31 bits per heavy atom. The zero-order chi connectivity index (χ0) is 21.0. The third-order valence-corrected chi connectivity index (χ3v) is 4.90. The lowest BCUT2D eigenvalue weighted by molar-refractivity contribution is -0.384. The molecule has 1 aromatic carbocycles. The minimum Gasteiger partial charge on any atom is -0.367 e. The number of halogens is 1. The summed E-state index contributed by atoms with van der Waals surface area (Å²) in [5.41, 5.74) is 0.246. The lowest BCUT2D eigenvalue weighted by Crippen LogP contribution is -2.44. The fraction of sp³-hybridized carbons (Fsp3) is 0.421. The second-order valence-corrected chi connectivity index (χ2v) is 7.19. The molecule has 154 valence electrons. The molecule has 1 amide bonds. The molecular weight excluding hydrogens is 379 g/mol. The van der Waals surface area contributed by atoms with Crippen molar-refractivity contribution in [3.63, 3.8) is 0 Å². The predicted molar refractivity (Wildman–Crippen MR) is 106 cm³/mol. The van der Waals surface area contributed by atoms with Crippen LogP contribution in [0.2, 0.25) is 0 Å². The number of amides is 1. The van der Waals surface area contributed by atoms with E-state index >= 15 is 0 Å². The Hall–Kier alpha value is -3.14. The molecule has 1 aliphatic rings. The van der Waals surface area contributed by atoms with Crippen molar-refractivity contribution in [2.24, 2.45) is 0 Å². The molecule has 2 heterocycles. The zero-order valence-corrected chi connectivity index (χ0v) is 16.3. The number of likely N-dealkylation sites (tertiary alicyclic amines) is 1. The zero-order valence-electron chi connectivity index (χ0n) is 16.3. The minimum atomic E-state index is -0.674. The van der Waals surface area contributed by atoms with Gasteiger partial charge in [-0.05, 0) is 25.0 Å². The van der Waals surface area contributed by atoms with Crippen LogP contribution in [0.25, 0.3) is 11.3 Å². The maximum atomic E-state index is 13.4. The van der Waals surface area contributed by atoms with Crippen LogP contribution < -0.4 is 5.32 Å². The van der Waals surface area contributed by atoms with E-state index in [-0.39, 0.29) is 23.2 Å². The summed E-state index contributed by atoms with van der Waals surface area (Å²) in [5.74, 6) is -0.0402. The highest BCUT2D eigenvalue weighted by Crippen LogP contribution is 2.30. The van der Waals surface area contributed by atoms with Crippen LogP contribution in [0.5, 0.6) is 0 Å². The summed E-state index contributed by atoms with van der Waals surface area (Å²) in [5, 5.41) is 14.6. The van der Waals surface area contributed by atoms with Gasteiger partial charge in [-0.15, -0.1) is 0 Å². The molecule has 0 bridgehead atoms. The number of benzene rings is 1. The van der Waals surface area contributed by atoms with Crippen molar-refractivity contribution in [3.05, 3.63) is 46.5 Å². The number of nitrogens with one attached hydrogen (secondary N) is 1. The van der Waals surface area contributed by atoms with E-state index in [0.717, 1.165) is 32.0 Å². The third-order valence-electron chi connectivity index (χ3n) is 4.90. The monoisotopic (exact) mass is 402 g/mol. The highest BCUT2D eigenvalue weighted by molar-refractivity contribution is 5.77. The first-order chi connectivity index (χ1) is 13.8. The number of piperidine rings is 1. The van der Waals surface area contributed by atoms with E-state index in [1.54, 1.807) is 25.1 Å². The molecule has 29 heavy (non-hydrogen) atoms. The molecule has 1 aliphatic heterocycles. The number of anilines is 1. The normalized spacial score (nSPS) is 15.1. The van der Waals surface area contributed by atoms with Gasteiger partial charge in [0.05, 0.1) is 28.8 Å². The third kappa shape index (κ3) is 5.23. The van der Waals surface area contributed by atoms with E-state index < -0.39 is 10.7 Å². The molecule has 9 nitrogen and oxygen atoms in total. The Labute approximate surface area is 167 Å². The van der Waals surface area contributed by atoms with Crippen molar-refractivity contribution < 1.29 is 14.1 Å². The molecule has 1 N–H and O–H groups in total. The number of rotatable bonds is 6. The van der Waals surface area contributed by atoms with Gasteiger partial charge < -0.3 is 10.2 Å². The molecule has 0 aliphatic carbocycles. The van der Waals surface area contributed by atoms with Gasteiger partial charge >= 0.3 is 0 Å². The number of nitro groups is 1. The average molecular weight is 402 g/mol. The topological polar surface area (TPSA) is 104 Å². The van der Waals surface area contributed by atoms with E-state index in [9.17, 15) is 19.3 Å².